The fourth-order valence-electron chi connectivity index (χ4n) is 4.57. The highest BCUT2D eigenvalue weighted by Crippen LogP contribution is 2.30. The van der Waals surface area contributed by atoms with Crippen molar-refractivity contribution in [2.24, 2.45) is 0 Å². The molecular weight excluding hydrogens is 444 g/mol. The van der Waals surface area contributed by atoms with Crippen LogP contribution in [-0.2, 0) is 24.2 Å². The van der Waals surface area contributed by atoms with Gasteiger partial charge >= 0.3 is 0 Å². The Morgan fingerprint density at radius 1 is 1.03 bits per heavy atom. The molecule has 1 aromatic heterocycles. The summed E-state index contributed by atoms with van der Waals surface area (Å²) in [6, 6.07) is 15.2. The lowest BCUT2D eigenvalue weighted by Gasteiger charge is -2.27. The lowest BCUT2D eigenvalue weighted by atomic mass is 10.0. The number of carbonyl (C=O) groups is 1. The number of nitrogens with zero attached hydrogens (tertiary/aromatic N) is 4. The zero-order valence-electron chi connectivity index (χ0n) is 21.0. The largest absolute Gasteiger partial charge is 0.496 e. The molecule has 2 aromatic carbocycles. The Kier molecular flexibility index (Phi) is 8.05. The third kappa shape index (κ3) is 5.18. The number of aromatic nitrogens is 2. The minimum absolute atomic E-state index is 0.108. The molecule has 0 radical (unpaired) electrons. The van der Waals surface area contributed by atoms with Gasteiger partial charge in [-0.2, -0.15) is 5.10 Å². The highest BCUT2D eigenvalue weighted by Gasteiger charge is 2.28. The zero-order chi connectivity index (χ0) is 24.8. The topological polar surface area (TPSA) is 69.1 Å². The summed E-state index contributed by atoms with van der Waals surface area (Å²) in [6.07, 6.45) is 0.882. The number of carbonyl (C=O) groups excluding carboxylic acids is 1. The van der Waals surface area contributed by atoms with Crippen LogP contribution in [-0.4, -0.2) is 73.1 Å². The summed E-state index contributed by atoms with van der Waals surface area (Å²) in [6.45, 7) is 6.16. The molecule has 4 rings (SSSR count). The molecule has 35 heavy (non-hydrogen) atoms. The molecule has 8 heteroatoms. The Labute approximate surface area is 207 Å². The van der Waals surface area contributed by atoms with Crippen LogP contribution < -0.4 is 9.47 Å². The lowest BCUT2D eigenvalue weighted by Crippen LogP contribution is -2.35. The summed E-state index contributed by atoms with van der Waals surface area (Å²) in [7, 11) is 4.90. The summed E-state index contributed by atoms with van der Waals surface area (Å²) in [5, 5.41) is 5.05. The zero-order valence-corrected chi connectivity index (χ0v) is 21.0. The normalized spacial score (nSPS) is 13.4. The van der Waals surface area contributed by atoms with Crippen molar-refractivity contribution in [1.82, 2.24) is 19.6 Å². The number of rotatable bonds is 10. The summed E-state index contributed by atoms with van der Waals surface area (Å²) >= 11 is 0. The molecule has 1 amide bonds. The maximum absolute atomic E-state index is 13.6. The molecule has 2 heterocycles. The number of hydrogen-bond donors (Lipinski definition) is 0. The highest BCUT2D eigenvalue weighted by molar-refractivity contribution is 5.96. The Hall–Kier alpha value is -3.36. The van der Waals surface area contributed by atoms with Crippen molar-refractivity contribution in [2.45, 2.75) is 26.4 Å². The van der Waals surface area contributed by atoms with Crippen molar-refractivity contribution < 1.29 is 19.0 Å². The second kappa shape index (κ2) is 11.4. The number of hydrogen-bond acceptors (Lipinski definition) is 6. The molecular formula is C27H34N4O4. The molecule has 0 aliphatic carbocycles. The second-order valence-corrected chi connectivity index (χ2v) is 8.49. The van der Waals surface area contributed by atoms with Gasteiger partial charge in [-0.25, -0.2) is 4.68 Å². The first-order valence-corrected chi connectivity index (χ1v) is 12.0. The number of para-hydroxylation sites is 3. The Balaban J connectivity index is 1.75. The molecule has 0 fully saturated rings. The van der Waals surface area contributed by atoms with Crippen molar-refractivity contribution in [1.29, 1.82) is 0 Å². The molecule has 8 nitrogen and oxygen atoms in total. The smallest absolute Gasteiger partial charge is 0.258 e. The molecule has 0 bridgehead atoms. The monoisotopic (exact) mass is 478 g/mol. The third-order valence-electron chi connectivity index (χ3n) is 6.51. The van der Waals surface area contributed by atoms with Gasteiger partial charge in [-0.3, -0.25) is 9.69 Å². The van der Waals surface area contributed by atoms with Crippen LogP contribution in [0.15, 0.2) is 48.5 Å². The Morgan fingerprint density at radius 2 is 1.74 bits per heavy atom. The lowest BCUT2D eigenvalue weighted by molar-refractivity contribution is 0.0673. The third-order valence-corrected chi connectivity index (χ3v) is 6.51. The van der Waals surface area contributed by atoms with Gasteiger partial charge in [0.1, 0.15) is 17.2 Å². The van der Waals surface area contributed by atoms with E-state index in [9.17, 15) is 4.79 Å². The average Bonchev–Trinajstić information content (AvgIpc) is 3.27. The predicted octanol–water partition coefficient (Wildman–Crippen LogP) is 3.56. The molecule has 1 aliphatic heterocycles. The van der Waals surface area contributed by atoms with Crippen LogP contribution in [0.25, 0.3) is 5.69 Å². The van der Waals surface area contributed by atoms with Crippen LogP contribution in [0.3, 0.4) is 0 Å². The van der Waals surface area contributed by atoms with E-state index >= 15 is 0 Å². The number of likely N-dealkylation sites (N-methyl/N-ethyl adjacent to an activating group) is 1. The second-order valence-electron chi connectivity index (χ2n) is 8.49. The standard InChI is InChI=1S/C27H34N4O4/c1-5-29-15-14-23-21(18-29)22(28-31(23)24-11-7-9-13-26(24)35-4)19-30(16-17-33-2)27(32)20-10-6-8-12-25(20)34-3/h6-13H,5,14-19H2,1-4H3. The number of benzene rings is 2. The van der Waals surface area contributed by atoms with E-state index in [1.165, 1.54) is 11.3 Å². The van der Waals surface area contributed by atoms with E-state index in [0.717, 1.165) is 43.2 Å². The average molecular weight is 479 g/mol. The quantitative estimate of drug-likeness (QED) is 0.444. The SMILES string of the molecule is CCN1CCc2c(c(CN(CCOC)C(=O)c3ccccc3OC)nn2-c2ccccc2OC)C1. The maximum Gasteiger partial charge on any atom is 0.258 e. The molecule has 3 aromatic rings. The molecule has 0 N–H and O–H groups in total. The number of methoxy groups -OCH3 is 3. The minimum Gasteiger partial charge on any atom is -0.496 e. The first kappa shape index (κ1) is 24.8. The van der Waals surface area contributed by atoms with E-state index in [-0.39, 0.29) is 5.91 Å². The van der Waals surface area contributed by atoms with Gasteiger partial charge in [0.25, 0.3) is 5.91 Å². The van der Waals surface area contributed by atoms with E-state index in [0.29, 0.717) is 31.0 Å². The fraction of sp³-hybridized carbons (Fsp3) is 0.407. The van der Waals surface area contributed by atoms with E-state index < -0.39 is 0 Å². The Morgan fingerprint density at radius 3 is 2.46 bits per heavy atom. The molecule has 186 valence electrons. The van der Waals surface area contributed by atoms with Crippen LogP contribution in [0.4, 0.5) is 0 Å². The van der Waals surface area contributed by atoms with Crippen LogP contribution in [0.5, 0.6) is 11.5 Å². The van der Waals surface area contributed by atoms with Crippen LogP contribution in [0.2, 0.25) is 0 Å². The van der Waals surface area contributed by atoms with E-state index in [1.807, 2.05) is 41.1 Å². The van der Waals surface area contributed by atoms with Gasteiger partial charge in [0.05, 0.1) is 44.3 Å². The van der Waals surface area contributed by atoms with Crippen LogP contribution in [0, 0.1) is 0 Å². The summed E-state index contributed by atoms with van der Waals surface area (Å²) < 4.78 is 18.4. The molecule has 0 spiro atoms. The van der Waals surface area contributed by atoms with E-state index in [1.54, 1.807) is 38.4 Å². The number of ether oxygens (including phenoxy) is 3. The predicted molar refractivity (Wildman–Crippen MR) is 134 cm³/mol. The van der Waals surface area contributed by atoms with Gasteiger partial charge in [-0.1, -0.05) is 31.2 Å². The van der Waals surface area contributed by atoms with Crippen molar-refractivity contribution in [2.75, 3.05) is 47.6 Å². The molecule has 0 saturated heterocycles. The maximum atomic E-state index is 13.6. The van der Waals surface area contributed by atoms with E-state index in [2.05, 4.69) is 11.8 Å². The van der Waals surface area contributed by atoms with Gasteiger partial charge in [0.15, 0.2) is 0 Å². The van der Waals surface area contributed by atoms with Crippen LogP contribution in [0.1, 0.15) is 34.2 Å². The van der Waals surface area contributed by atoms with Crippen LogP contribution >= 0.6 is 0 Å². The van der Waals surface area contributed by atoms with E-state index in [4.69, 9.17) is 19.3 Å². The van der Waals surface area contributed by atoms with Gasteiger partial charge in [-0.15, -0.1) is 0 Å². The summed E-state index contributed by atoms with van der Waals surface area (Å²) in [5.74, 6) is 1.21. The van der Waals surface area contributed by atoms with Crippen molar-refractivity contribution in [3.8, 4) is 17.2 Å². The summed E-state index contributed by atoms with van der Waals surface area (Å²) in [5.41, 5.74) is 4.68. The molecule has 0 unspecified atom stereocenters. The first-order valence-electron chi connectivity index (χ1n) is 12.0. The van der Waals surface area contributed by atoms with Crippen molar-refractivity contribution in [3.05, 3.63) is 71.0 Å². The van der Waals surface area contributed by atoms with Gasteiger partial charge in [0.2, 0.25) is 0 Å². The number of amides is 1. The molecule has 0 atom stereocenters. The van der Waals surface area contributed by atoms with Gasteiger partial charge in [0, 0.05) is 38.7 Å². The number of fused-ring (bicyclic) bond motifs is 1. The Bertz CT molecular complexity index is 1160. The fourth-order valence-corrected chi connectivity index (χ4v) is 4.57. The van der Waals surface area contributed by atoms with Crippen molar-refractivity contribution in [3.63, 3.8) is 0 Å². The van der Waals surface area contributed by atoms with Crippen molar-refractivity contribution >= 4 is 5.91 Å². The molecule has 0 saturated carbocycles. The molecule has 1 aliphatic rings. The van der Waals surface area contributed by atoms with Gasteiger partial charge < -0.3 is 19.1 Å². The first-order chi connectivity index (χ1) is 17.1. The summed E-state index contributed by atoms with van der Waals surface area (Å²) in [4.78, 5) is 17.8. The minimum atomic E-state index is -0.108. The highest BCUT2D eigenvalue weighted by atomic mass is 16.5. The van der Waals surface area contributed by atoms with Gasteiger partial charge in [-0.05, 0) is 30.8 Å².